The number of carbonyl (C=O) groups is 4. The predicted octanol–water partition coefficient (Wildman–Crippen LogP) is -6.42. The standard InChI is InChI=1S/2C6H15NO2.C4H6O5.C3H4O3/c2*1-8-5-3-7-4-6-9-2;5-2(4(8)9)1-3(6)7;1-2(4)3(5)6/h2*7H,3-6H2,1-2H3;2,5H,1H2,(H,6,7)(H,8,9);1H3,(H,5,6). The number of aliphatic hydroxyl groups excluding tert-OH is 1. The smallest absolute Gasteiger partial charge is 0.306 e. The second-order valence-electron chi connectivity index (χ2n) is 5.98. The highest BCUT2D eigenvalue weighted by Crippen LogP contribution is 1.87. The SMILES string of the molecule is CC(=O)C(=O)[O-].COCC[NH2+]CCOC.COCC[NH2+]CCOC.O=C(O)CC(O)C(=O)[O-]. The molecule has 33 heavy (non-hydrogen) atoms. The molecule has 198 valence electrons. The number of nitrogens with two attached hydrogens (primary N) is 2. The lowest BCUT2D eigenvalue weighted by Crippen LogP contribution is -2.86. The van der Waals surface area contributed by atoms with E-state index in [0.717, 1.165) is 59.5 Å². The largest absolute Gasteiger partial charge is 0.547 e. The van der Waals surface area contributed by atoms with Crippen molar-refractivity contribution in [3.05, 3.63) is 0 Å². The van der Waals surface area contributed by atoms with Crippen molar-refractivity contribution >= 4 is 23.7 Å². The maximum atomic E-state index is 9.66. The topological polar surface area (TPSA) is 225 Å². The molecule has 0 radical (unpaired) electrons. The Hall–Kier alpha value is -2.20. The van der Waals surface area contributed by atoms with E-state index in [-0.39, 0.29) is 0 Å². The van der Waals surface area contributed by atoms with Gasteiger partial charge in [0.15, 0.2) is 5.78 Å². The maximum absolute atomic E-state index is 9.66. The van der Waals surface area contributed by atoms with Crippen LogP contribution in [0.4, 0.5) is 0 Å². The zero-order chi connectivity index (χ0) is 26.5. The second-order valence-corrected chi connectivity index (χ2v) is 5.98. The van der Waals surface area contributed by atoms with Crippen molar-refractivity contribution in [1.82, 2.24) is 0 Å². The van der Waals surface area contributed by atoms with Gasteiger partial charge in [0.2, 0.25) is 0 Å². The highest BCUT2D eigenvalue weighted by molar-refractivity contribution is 6.30. The third kappa shape index (κ3) is 48.5. The number of methoxy groups -OCH3 is 4. The first-order chi connectivity index (χ1) is 15.5. The van der Waals surface area contributed by atoms with E-state index in [9.17, 15) is 29.4 Å². The minimum Gasteiger partial charge on any atom is -0.547 e. The Balaban J connectivity index is -0.000000172. The van der Waals surface area contributed by atoms with Gasteiger partial charge in [-0.2, -0.15) is 0 Å². The molecular weight excluding hydrogens is 448 g/mol. The summed E-state index contributed by atoms with van der Waals surface area (Å²) in [4.78, 5) is 38.0. The molecule has 0 heterocycles. The van der Waals surface area contributed by atoms with Crippen LogP contribution in [0.25, 0.3) is 0 Å². The minimum atomic E-state index is -1.90. The number of ether oxygens (including phenoxy) is 4. The van der Waals surface area contributed by atoms with Gasteiger partial charge in [0.05, 0.1) is 65.0 Å². The molecule has 0 amide bonds. The van der Waals surface area contributed by atoms with Gasteiger partial charge in [-0.05, 0) is 0 Å². The van der Waals surface area contributed by atoms with Gasteiger partial charge in [-0.1, -0.05) is 0 Å². The van der Waals surface area contributed by atoms with E-state index >= 15 is 0 Å². The molecule has 0 aromatic carbocycles. The Morgan fingerprint density at radius 1 is 0.758 bits per heavy atom. The molecule has 14 heteroatoms. The molecule has 0 saturated heterocycles. The molecule has 1 unspecified atom stereocenters. The Morgan fingerprint density at radius 3 is 1.15 bits per heavy atom. The summed E-state index contributed by atoms with van der Waals surface area (Å²) in [6.45, 7) is 8.34. The van der Waals surface area contributed by atoms with Crippen LogP contribution in [0.3, 0.4) is 0 Å². The number of aliphatic carboxylic acids is 3. The number of hydrogen-bond acceptors (Lipinski definition) is 11. The number of Topliss-reactive ketones (excluding diaryl/α,β-unsaturated/α-hetero) is 1. The maximum Gasteiger partial charge on any atom is 0.306 e. The molecule has 0 saturated carbocycles. The lowest BCUT2D eigenvalue weighted by molar-refractivity contribution is -0.657. The van der Waals surface area contributed by atoms with Crippen LogP contribution < -0.4 is 20.8 Å². The summed E-state index contributed by atoms with van der Waals surface area (Å²) in [5, 5.41) is 39.3. The van der Waals surface area contributed by atoms with E-state index in [2.05, 4.69) is 10.6 Å². The van der Waals surface area contributed by atoms with Crippen molar-refractivity contribution in [2.75, 3.05) is 81.0 Å². The molecule has 0 aliphatic heterocycles. The number of rotatable bonds is 16. The summed E-state index contributed by atoms with van der Waals surface area (Å²) in [5.41, 5.74) is 0. The van der Waals surface area contributed by atoms with Crippen molar-refractivity contribution in [2.45, 2.75) is 19.4 Å². The fraction of sp³-hybridized carbons (Fsp3) is 0.789. The van der Waals surface area contributed by atoms with E-state index in [1.165, 1.54) is 0 Å². The number of carbonyl (C=O) groups excluding carboxylic acids is 3. The van der Waals surface area contributed by atoms with Gasteiger partial charge in [0, 0.05) is 35.4 Å². The number of aliphatic hydroxyl groups is 1. The zero-order valence-electron chi connectivity index (χ0n) is 20.1. The van der Waals surface area contributed by atoms with E-state index in [4.69, 9.17) is 29.2 Å². The first kappa shape index (κ1) is 38.1. The molecule has 1 atom stereocenters. The summed E-state index contributed by atoms with van der Waals surface area (Å²) >= 11 is 0. The van der Waals surface area contributed by atoms with E-state index in [0.29, 0.717) is 0 Å². The van der Waals surface area contributed by atoms with Crippen LogP contribution in [-0.2, 0) is 38.1 Å². The van der Waals surface area contributed by atoms with Crippen LogP contribution in [0.2, 0.25) is 0 Å². The summed E-state index contributed by atoms with van der Waals surface area (Å²) in [5.74, 6) is -5.70. The number of quaternary nitrogens is 2. The fourth-order valence-corrected chi connectivity index (χ4v) is 1.34. The third-order valence-corrected chi connectivity index (χ3v) is 3.03. The first-order valence-corrected chi connectivity index (χ1v) is 9.93. The lowest BCUT2D eigenvalue weighted by Gasteiger charge is -2.06. The Labute approximate surface area is 194 Å². The van der Waals surface area contributed by atoms with Gasteiger partial charge < -0.3 is 59.6 Å². The molecule has 0 fully saturated rings. The summed E-state index contributed by atoms with van der Waals surface area (Å²) in [7, 11) is 6.85. The van der Waals surface area contributed by atoms with Gasteiger partial charge in [-0.3, -0.25) is 9.59 Å². The van der Waals surface area contributed by atoms with Crippen LogP contribution in [0, 0.1) is 0 Å². The summed E-state index contributed by atoms with van der Waals surface area (Å²) in [6, 6.07) is 0. The van der Waals surface area contributed by atoms with Crippen LogP contribution in [0.15, 0.2) is 0 Å². The number of hydrogen-bond donors (Lipinski definition) is 4. The van der Waals surface area contributed by atoms with Crippen LogP contribution in [0.1, 0.15) is 13.3 Å². The first-order valence-electron chi connectivity index (χ1n) is 9.93. The second kappa shape index (κ2) is 32.0. The van der Waals surface area contributed by atoms with Gasteiger partial charge >= 0.3 is 5.97 Å². The Kier molecular flexibility index (Phi) is 36.9. The highest BCUT2D eigenvalue weighted by atomic mass is 16.5. The lowest BCUT2D eigenvalue weighted by atomic mass is 10.3. The monoisotopic (exact) mass is 488 g/mol. The third-order valence-electron chi connectivity index (χ3n) is 3.03. The molecular formula is C19H40N2O12. The number of carboxylic acids is 3. The molecule has 0 aliphatic rings. The molecule has 0 aromatic rings. The summed E-state index contributed by atoms with van der Waals surface area (Å²) in [6.07, 6.45) is -2.72. The van der Waals surface area contributed by atoms with Crippen molar-refractivity contribution < 1.29 is 69.2 Å². The minimum absolute atomic E-state index is 0.817. The van der Waals surface area contributed by atoms with Crippen molar-refractivity contribution in [3.63, 3.8) is 0 Å². The quantitative estimate of drug-likeness (QED) is 0.117. The van der Waals surface area contributed by atoms with Gasteiger partial charge in [-0.25, -0.2) is 0 Å². The molecule has 14 nitrogen and oxygen atoms in total. The van der Waals surface area contributed by atoms with Crippen molar-refractivity contribution in [1.29, 1.82) is 0 Å². The summed E-state index contributed by atoms with van der Waals surface area (Å²) < 4.78 is 19.4. The molecule has 6 N–H and O–H groups in total. The highest BCUT2D eigenvalue weighted by Gasteiger charge is 2.08. The van der Waals surface area contributed by atoms with Crippen molar-refractivity contribution in [3.8, 4) is 0 Å². The van der Waals surface area contributed by atoms with Crippen LogP contribution in [-0.4, -0.2) is 121 Å². The van der Waals surface area contributed by atoms with Gasteiger partial charge in [-0.15, -0.1) is 0 Å². The van der Waals surface area contributed by atoms with Crippen LogP contribution >= 0.6 is 0 Å². The van der Waals surface area contributed by atoms with Gasteiger partial charge in [0.1, 0.15) is 12.1 Å². The average Bonchev–Trinajstić information content (AvgIpc) is 2.74. The number of ketones is 1. The van der Waals surface area contributed by atoms with Crippen LogP contribution in [0.5, 0.6) is 0 Å². The molecule has 0 aliphatic carbocycles. The molecule has 0 bridgehead atoms. The average molecular weight is 489 g/mol. The molecule has 0 aromatic heterocycles. The fourth-order valence-electron chi connectivity index (χ4n) is 1.34. The van der Waals surface area contributed by atoms with E-state index in [1.807, 2.05) is 0 Å². The van der Waals surface area contributed by atoms with Gasteiger partial charge in [0.25, 0.3) is 0 Å². The molecule has 0 rings (SSSR count). The Bertz CT molecular complexity index is 440. The predicted molar refractivity (Wildman–Crippen MR) is 110 cm³/mol. The van der Waals surface area contributed by atoms with E-state index < -0.39 is 36.2 Å². The zero-order valence-corrected chi connectivity index (χ0v) is 20.1. The van der Waals surface area contributed by atoms with Crippen molar-refractivity contribution in [2.24, 2.45) is 0 Å². The molecule has 0 spiro atoms. The number of carboxylic acid groups (broad SMARTS) is 3. The Morgan fingerprint density at radius 2 is 1.03 bits per heavy atom. The normalized spacial score (nSPS) is 10.2. The van der Waals surface area contributed by atoms with E-state index in [1.54, 1.807) is 28.4 Å².